The fraction of sp³-hybridized carbons (Fsp3) is 0.385. The molecule has 19 heavy (non-hydrogen) atoms. The first-order valence-electron chi connectivity index (χ1n) is 5.94. The van der Waals surface area contributed by atoms with Crippen LogP contribution in [0.3, 0.4) is 0 Å². The summed E-state index contributed by atoms with van der Waals surface area (Å²) in [7, 11) is 1.57. The number of carboxylic acid groups (broad SMARTS) is 1. The number of nitrogens with one attached hydrogen (secondary N) is 1. The highest BCUT2D eigenvalue weighted by molar-refractivity contribution is 5.80. The number of nitrogens with zero attached hydrogens (tertiary/aromatic N) is 1. The average Bonchev–Trinajstić information content (AvgIpc) is 2.42. The molecule has 0 aromatic heterocycles. The van der Waals surface area contributed by atoms with Crippen molar-refractivity contribution in [2.75, 3.05) is 20.2 Å². The van der Waals surface area contributed by atoms with Crippen molar-refractivity contribution in [3.8, 4) is 5.75 Å². The van der Waals surface area contributed by atoms with Gasteiger partial charge in [0.1, 0.15) is 12.3 Å². The van der Waals surface area contributed by atoms with Gasteiger partial charge in [0.15, 0.2) is 0 Å². The number of aliphatic carboxylic acids is 1. The van der Waals surface area contributed by atoms with Crippen LogP contribution in [0.5, 0.6) is 5.75 Å². The average molecular weight is 266 g/mol. The van der Waals surface area contributed by atoms with Crippen molar-refractivity contribution in [3.63, 3.8) is 0 Å². The summed E-state index contributed by atoms with van der Waals surface area (Å²) >= 11 is 0. The monoisotopic (exact) mass is 266 g/mol. The zero-order valence-corrected chi connectivity index (χ0v) is 11.0. The van der Waals surface area contributed by atoms with E-state index in [1.165, 1.54) is 4.90 Å². The number of methoxy groups -OCH3 is 1. The molecule has 1 aromatic carbocycles. The van der Waals surface area contributed by atoms with Gasteiger partial charge in [-0.1, -0.05) is 12.1 Å². The summed E-state index contributed by atoms with van der Waals surface area (Å²) in [4.78, 5) is 23.6. The van der Waals surface area contributed by atoms with Crippen LogP contribution >= 0.6 is 0 Å². The second-order valence-corrected chi connectivity index (χ2v) is 3.92. The van der Waals surface area contributed by atoms with E-state index >= 15 is 0 Å². The largest absolute Gasteiger partial charge is 0.497 e. The van der Waals surface area contributed by atoms with E-state index in [1.807, 2.05) is 24.3 Å². The molecular weight excluding hydrogens is 248 g/mol. The topological polar surface area (TPSA) is 78.9 Å². The van der Waals surface area contributed by atoms with Gasteiger partial charge in [-0.05, 0) is 24.6 Å². The summed E-state index contributed by atoms with van der Waals surface area (Å²) in [5.41, 5.74) is 0.888. The smallest absolute Gasteiger partial charge is 0.323 e. The molecular formula is C13H18N2O4. The normalized spacial score (nSPS) is 9.79. The van der Waals surface area contributed by atoms with Gasteiger partial charge in [-0.15, -0.1) is 0 Å². The number of ether oxygens (including phenoxy) is 1. The minimum Gasteiger partial charge on any atom is -0.497 e. The zero-order chi connectivity index (χ0) is 14.3. The molecule has 2 N–H and O–H groups in total. The van der Waals surface area contributed by atoms with Gasteiger partial charge in [-0.2, -0.15) is 0 Å². The van der Waals surface area contributed by atoms with Crippen molar-refractivity contribution in [2.24, 2.45) is 0 Å². The first-order valence-corrected chi connectivity index (χ1v) is 5.94. The molecule has 0 heterocycles. The molecule has 6 nitrogen and oxygen atoms in total. The Kier molecular flexibility index (Phi) is 5.66. The maximum atomic E-state index is 11.8. The van der Waals surface area contributed by atoms with E-state index in [-0.39, 0.29) is 6.54 Å². The van der Waals surface area contributed by atoms with Gasteiger partial charge >= 0.3 is 12.0 Å². The zero-order valence-electron chi connectivity index (χ0n) is 11.0. The fourth-order valence-corrected chi connectivity index (χ4v) is 1.56. The number of rotatable bonds is 6. The molecule has 0 fully saturated rings. The van der Waals surface area contributed by atoms with Crippen molar-refractivity contribution in [2.45, 2.75) is 13.5 Å². The molecule has 0 aliphatic heterocycles. The SMILES string of the molecule is CCN(CC(=O)O)C(=O)NCc1cccc(OC)c1. The number of carbonyl (C=O) groups excluding carboxylic acids is 1. The highest BCUT2D eigenvalue weighted by Gasteiger charge is 2.14. The van der Waals surface area contributed by atoms with Gasteiger partial charge in [0, 0.05) is 13.1 Å². The van der Waals surface area contributed by atoms with E-state index in [1.54, 1.807) is 14.0 Å². The lowest BCUT2D eigenvalue weighted by Gasteiger charge is -2.19. The number of likely N-dealkylation sites (N-methyl/N-ethyl adjacent to an activating group) is 1. The third-order valence-corrected chi connectivity index (χ3v) is 2.57. The minimum atomic E-state index is -1.03. The minimum absolute atomic E-state index is 0.305. The third kappa shape index (κ3) is 4.87. The Balaban J connectivity index is 2.54. The molecule has 0 atom stereocenters. The number of carboxylic acids is 1. The van der Waals surface area contributed by atoms with Crippen molar-refractivity contribution in [1.82, 2.24) is 10.2 Å². The molecule has 104 valence electrons. The Morgan fingerprint density at radius 1 is 1.42 bits per heavy atom. The van der Waals surface area contributed by atoms with Crippen LogP contribution in [-0.4, -0.2) is 42.2 Å². The Morgan fingerprint density at radius 3 is 2.74 bits per heavy atom. The molecule has 0 unspecified atom stereocenters. The molecule has 0 saturated heterocycles. The fourth-order valence-electron chi connectivity index (χ4n) is 1.56. The second kappa shape index (κ2) is 7.25. The Bertz CT molecular complexity index is 448. The van der Waals surface area contributed by atoms with E-state index < -0.39 is 12.0 Å². The second-order valence-electron chi connectivity index (χ2n) is 3.92. The van der Waals surface area contributed by atoms with Gasteiger partial charge < -0.3 is 20.1 Å². The molecule has 6 heteroatoms. The van der Waals surface area contributed by atoms with Gasteiger partial charge in [0.2, 0.25) is 0 Å². The Hall–Kier alpha value is -2.24. The summed E-state index contributed by atoms with van der Waals surface area (Å²) in [6, 6.07) is 6.92. The van der Waals surface area contributed by atoms with Crippen molar-refractivity contribution >= 4 is 12.0 Å². The van der Waals surface area contributed by atoms with E-state index in [0.29, 0.717) is 18.8 Å². The van der Waals surface area contributed by atoms with Crippen LogP contribution in [0.4, 0.5) is 4.79 Å². The summed E-state index contributed by atoms with van der Waals surface area (Å²) < 4.78 is 5.08. The lowest BCUT2D eigenvalue weighted by atomic mass is 10.2. The molecule has 0 aliphatic rings. The Labute approximate surface area is 112 Å². The van der Waals surface area contributed by atoms with Gasteiger partial charge in [0.05, 0.1) is 7.11 Å². The number of urea groups is 1. The van der Waals surface area contributed by atoms with Crippen LogP contribution in [0.15, 0.2) is 24.3 Å². The molecule has 2 amide bonds. The molecule has 1 aromatic rings. The number of amides is 2. The van der Waals surface area contributed by atoms with Gasteiger partial charge in [-0.25, -0.2) is 4.79 Å². The highest BCUT2D eigenvalue weighted by Crippen LogP contribution is 2.12. The van der Waals surface area contributed by atoms with Crippen molar-refractivity contribution in [3.05, 3.63) is 29.8 Å². The summed E-state index contributed by atoms with van der Waals surface area (Å²) in [5, 5.41) is 11.4. The maximum Gasteiger partial charge on any atom is 0.323 e. The predicted octanol–water partition coefficient (Wildman–Crippen LogP) is 1.31. The van der Waals surface area contributed by atoms with Crippen LogP contribution in [0.1, 0.15) is 12.5 Å². The first-order chi connectivity index (χ1) is 9.06. The Morgan fingerprint density at radius 2 is 2.16 bits per heavy atom. The maximum absolute atomic E-state index is 11.8. The highest BCUT2D eigenvalue weighted by atomic mass is 16.5. The van der Waals surface area contributed by atoms with Crippen LogP contribution in [0.25, 0.3) is 0 Å². The molecule has 0 aliphatic carbocycles. The van der Waals surface area contributed by atoms with E-state index in [2.05, 4.69) is 5.32 Å². The van der Waals surface area contributed by atoms with Crippen molar-refractivity contribution in [1.29, 1.82) is 0 Å². The molecule has 0 spiro atoms. The number of benzene rings is 1. The molecule has 0 radical (unpaired) electrons. The number of carbonyl (C=O) groups is 2. The van der Waals surface area contributed by atoms with Crippen LogP contribution < -0.4 is 10.1 Å². The summed E-state index contributed by atoms with van der Waals surface area (Å²) in [5.74, 6) is -0.317. The lowest BCUT2D eigenvalue weighted by Crippen LogP contribution is -2.42. The first kappa shape index (κ1) is 14.8. The summed E-state index contributed by atoms with van der Waals surface area (Å²) in [6.07, 6.45) is 0. The van der Waals surface area contributed by atoms with Gasteiger partial charge in [0.25, 0.3) is 0 Å². The summed E-state index contributed by atoms with van der Waals surface area (Å²) in [6.45, 7) is 2.09. The number of hydrogen-bond acceptors (Lipinski definition) is 3. The third-order valence-electron chi connectivity index (χ3n) is 2.57. The van der Waals surface area contributed by atoms with E-state index in [0.717, 1.165) is 5.56 Å². The van der Waals surface area contributed by atoms with E-state index in [9.17, 15) is 9.59 Å². The molecule has 0 saturated carbocycles. The molecule has 0 bridgehead atoms. The van der Waals surface area contributed by atoms with E-state index in [4.69, 9.17) is 9.84 Å². The predicted molar refractivity (Wildman–Crippen MR) is 70.1 cm³/mol. The van der Waals surface area contributed by atoms with Crippen LogP contribution in [-0.2, 0) is 11.3 Å². The van der Waals surface area contributed by atoms with Crippen LogP contribution in [0.2, 0.25) is 0 Å². The number of hydrogen-bond donors (Lipinski definition) is 2. The van der Waals surface area contributed by atoms with Gasteiger partial charge in [-0.3, -0.25) is 4.79 Å². The lowest BCUT2D eigenvalue weighted by molar-refractivity contribution is -0.137. The quantitative estimate of drug-likeness (QED) is 0.813. The van der Waals surface area contributed by atoms with Crippen LogP contribution in [0, 0.1) is 0 Å². The standard InChI is InChI=1S/C13H18N2O4/c1-3-15(9-12(16)17)13(18)14-8-10-5-4-6-11(7-10)19-2/h4-7H,3,8-9H2,1-2H3,(H,14,18)(H,16,17). The molecule has 1 rings (SSSR count). The van der Waals surface area contributed by atoms with Crippen molar-refractivity contribution < 1.29 is 19.4 Å².